The van der Waals surface area contributed by atoms with Gasteiger partial charge >= 0.3 is 0 Å². The van der Waals surface area contributed by atoms with Crippen molar-refractivity contribution in [3.8, 4) is 5.88 Å². The van der Waals surface area contributed by atoms with Crippen molar-refractivity contribution in [2.24, 2.45) is 0 Å². The molecule has 0 fully saturated rings. The summed E-state index contributed by atoms with van der Waals surface area (Å²) < 4.78 is 18.9. The lowest BCUT2D eigenvalue weighted by molar-refractivity contribution is 0.327. The van der Waals surface area contributed by atoms with Gasteiger partial charge in [0.1, 0.15) is 11.6 Å². The highest BCUT2D eigenvalue weighted by atomic mass is 19.1. The van der Waals surface area contributed by atoms with Crippen LogP contribution in [0.2, 0.25) is 0 Å². The topological polar surface area (TPSA) is 34.1 Å². The van der Waals surface area contributed by atoms with Gasteiger partial charge in [0.05, 0.1) is 6.61 Å². The lowest BCUT2D eigenvalue weighted by atomic mass is 10.1. The van der Waals surface area contributed by atoms with Gasteiger partial charge in [0.15, 0.2) is 0 Å². The summed E-state index contributed by atoms with van der Waals surface area (Å²) in [6, 6.07) is 9.29. The number of hydrogen-bond donors (Lipinski definition) is 1. The van der Waals surface area contributed by atoms with Crippen molar-refractivity contribution in [2.75, 3.05) is 11.9 Å². The van der Waals surface area contributed by atoms with Crippen LogP contribution in [0.4, 0.5) is 10.2 Å². The zero-order chi connectivity index (χ0) is 14.5. The van der Waals surface area contributed by atoms with E-state index >= 15 is 0 Å². The molecule has 0 atom stereocenters. The van der Waals surface area contributed by atoms with Gasteiger partial charge < -0.3 is 10.1 Å². The highest BCUT2D eigenvalue weighted by molar-refractivity contribution is 5.39. The number of rotatable bonds is 5. The van der Waals surface area contributed by atoms with E-state index in [1.165, 1.54) is 0 Å². The van der Waals surface area contributed by atoms with E-state index in [1.807, 2.05) is 37.3 Å². The maximum Gasteiger partial charge on any atom is 0.215 e. The Bertz CT molecular complexity index is 576. The molecule has 4 heteroatoms. The molecule has 1 N–H and O–H groups in total. The summed E-state index contributed by atoms with van der Waals surface area (Å²) in [5.41, 5.74) is 2.36. The van der Waals surface area contributed by atoms with Crippen LogP contribution in [0.3, 0.4) is 0 Å². The number of nitrogens with one attached hydrogen (secondary N) is 1. The molecule has 2 rings (SSSR count). The Balaban J connectivity index is 2.07. The lowest BCUT2D eigenvalue weighted by Crippen LogP contribution is -2.04. The number of halogens is 1. The molecule has 0 saturated heterocycles. The molecular formula is C16H19FN2O. The summed E-state index contributed by atoms with van der Waals surface area (Å²) in [6.45, 7) is 6.67. The molecule has 2 aromatic rings. The molecule has 0 amide bonds. The fraction of sp³-hybridized carbons (Fsp3) is 0.312. The molecule has 1 aromatic heterocycles. The molecule has 106 valence electrons. The summed E-state index contributed by atoms with van der Waals surface area (Å²) in [6.07, 6.45) is 0. The predicted molar refractivity (Wildman–Crippen MR) is 78.6 cm³/mol. The van der Waals surface area contributed by atoms with Crippen LogP contribution in [0.5, 0.6) is 5.88 Å². The second-order valence-electron chi connectivity index (χ2n) is 4.69. The predicted octanol–water partition coefficient (Wildman–Crippen LogP) is 3.85. The monoisotopic (exact) mass is 274 g/mol. The fourth-order valence-electron chi connectivity index (χ4n) is 2.07. The molecule has 1 aromatic carbocycles. The lowest BCUT2D eigenvalue weighted by Gasteiger charge is -2.10. The molecule has 0 aliphatic carbocycles. The maximum atomic E-state index is 13.6. The molecule has 0 aliphatic rings. The molecule has 3 nitrogen and oxygen atoms in total. The van der Waals surface area contributed by atoms with E-state index < -0.39 is 0 Å². The van der Waals surface area contributed by atoms with Gasteiger partial charge in [0, 0.05) is 12.6 Å². The van der Waals surface area contributed by atoms with Crippen molar-refractivity contribution in [3.63, 3.8) is 0 Å². The molecule has 0 unspecified atom stereocenters. The number of ether oxygens (including phenoxy) is 1. The average Bonchev–Trinajstić information content (AvgIpc) is 2.43. The normalized spacial score (nSPS) is 10.4. The molecule has 20 heavy (non-hydrogen) atoms. The smallest absolute Gasteiger partial charge is 0.215 e. The number of pyridine rings is 1. The molecule has 0 saturated carbocycles. The van der Waals surface area contributed by atoms with E-state index in [0.717, 1.165) is 11.4 Å². The summed E-state index contributed by atoms with van der Waals surface area (Å²) in [7, 11) is 0. The molecule has 0 bridgehead atoms. The van der Waals surface area contributed by atoms with Gasteiger partial charge in [-0.25, -0.2) is 4.39 Å². The maximum absolute atomic E-state index is 13.6. The molecule has 0 spiro atoms. The summed E-state index contributed by atoms with van der Waals surface area (Å²) in [5, 5.41) is 3.22. The van der Waals surface area contributed by atoms with Gasteiger partial charge in [-0.3, -0.25) is 0 Å². The van der Waals surface area contributed by atoms with E-state index in [9.17, 15) is 4.39 Å². The van der Waals surface area contributed by atoms with Crippen LogP contribution in [0.25, 0.3) is 0 Å². The second kappa shape index (κ2) is 6.37. The van der Waals surface area contributed by atoms with Crippen molar-refractivity contribution in [2.45, 2.75) is 27.3 Å². The van der Waals surface area contributed by atoms with Crippen LogP contribution in [0.15, 0.2) is 30.3 Å². The van der Waals surface area contributed by atoms with E-state index in [-0.39, 0.29) is 5.82 Å². The first kappa shape index (κ1) is 14.3. The van der Waals surface area contributed by atoms with Crippen molar-refractivity contribution < 1.29 is 9.13 Å². The van der Waals surface area contributed by atoms with E-state index in [0.29, 0.717) is 30.2 Å². The third kappa shape index (κ3) is 3.47. The highest BCUT2D eigenvalue weighted by Crippen LogP contribution is 2.17. The quantitative estimate of drug-likeness (QED) is 0.899. The van der Waals surface area contributed by atoms with Gasteiger partial charge in [0.2, 0.25) is 5.88 Å². The molecule has 0 radical (unpaired) electrons. The second-order valence-corrected chi connectivity index (χ2v) is 4.69. The Morgan fingerprint density at radius 1 is 1.20 bits per heavy atom. The first-order valence-corrected chi connectivity index (χ1v) is 6.69. The molecular weight excluding hydrogens is 255 g/mol. The van der Waals surface area contributed by atoms with E-state index in [4.69, 9.17) is 4.74 Å². The third-order valence-corrected chi connectivity index (χ3v) is 2.99. The summed E-state index contributed by atoms with van der Waals surface area (Å²) >= 11 is 0. The summed E-state index contributed by atoms with van der Waals surface area (Å²) in [5.74, 6) is 1.21. The minimum Gasteiger partial charge on any atom is -0.478 e. The third-order valence-electron chi connectivity index (χ3n) is 2.99. The Hall–Kier alpha value is -2.10. The van der Waals surface area contributed by atoms with Crippen LogP contribution in [0.1, 0.15) is 23.6 Å². The first-order valence-electron chi connectivity index (χ1n) is 6.69. The van der Waals surface area contributed by atoms with Gasteiger partial charge in [0.25, 0.3) is 0 Å². The van der Waals surface area contributed by atoms with Crippen LogP contribution < -0.4 is 10.1 Å². The zero-order valence-corrected chi connectivity index (χ0v) is 12.0. The van der Waals surface area contributed by atoms with Crippen LogP contribution >= 0.6 is 0 Å². The minimum absolute atomic E-state index is 0.134. The van der Waals surface area contributed by atoms with Crippen LogP contribution in [0, 0.1) is 19.7 Å². The van der Waals surface area contributed by atoms with Crippen molar-refractivity contribution >= 4 is 5.82 Å². The molecule has 1 heterocycles. The SMILES string of the molecule is CCOc1cccc(NCc2cc(C)c(F)c(C)c2)n1. The Labute approximate surface area is 118 Å². The largest absolute Gasteiger partial charge is 0.478 e. The number of aromatic nitrogens is 1. The van der Waals surface area contributed by atoms with Crippen molar-refractivity contribution in [1.82, 2.24) is 4.98 Å². The zero-order valence-electron chi connectivity index (χ0n) is 12.0. The van der Waals surface area contributed by atoms with E-state index in [2.05, 4.69) is 10.3 Å². The van der Waals surface area contributed by atoms with Gasteiger partial charge in [-0.1, -0.05) is 18.2 Å². The Morgan fingerprint density at radius 2 is 1.90 bits per heavy atom. The number of hydrogen-bond acceptors (Lipinski definition) is 3. The van der Waals surface area contributed by atoms with E-state index in [1.54, 1.807) is 13.8 Å². The Morgan fingerprint density at radius 3 is 2.55 bits per heavy atom. The van der Waals surface area contributed by atoms with Crippen molar-refractivity contribution in [3.05, 3.63) is 52.8 Å². The summed E-state index contributed by atoms with van der Waals surface area (Å²) in [4.78, 5) is 4.33. The van der Waals surface area contributed by atoms with Crippen LogP contribution in [-0.2, 0) is 6.54 Å². The van der Waals surface area contributed by atoms with Crippen molar-refractivity contribution in [1.29, 1.82) is 0 Å². The number of anilines is 1. The number of aryl methyl sites for hydroxylation is 2. The van der Waals surface area contributed by atoms with Gasteiger partial charge in [-0.15, -0.1) is 0 Å². The Kier molecular flexibility index (Phi) is 4.56. The first-order chi connectivity index (χ1) is 9.60. The average molecular weight is 274 g/mol. The van der Waals surface area contributed by atoms with Crippen LogP contribution in [-0.4, -0.2) is 11.6 Å². The minimum atomic E-state index is -0.134. The molecule has 0 aliphatic heterocycles. The highest BCUT2D eigenvalue weighted by Gasteiger charge is 2.04. The van der Waals surface area contributed by atoms with Gasteiger partial charge in [-0.2, -0.15) is 4.98 Å². The fourth-order valence-corrected chi connectivity index (χ4v) is 2.07. The number of nitrogens with zero attached hydrogens (tertiary/aromatic N) is 1. The van der Waals surface area contributed by atoms with Gasteiger partial charge in [-0.05, 0) is 43.5 Å². The number of benzene rings is 1. The standard InChI is InChI=1S/C16H19FN2O/c1-4-20-15-7-5-6-14(19-15)18-10-13-8-11(2)16(17)12(3)9-13/h5-9H,4,10H2,1-3H3,(H,18,19).